The Hall–Kier alpha value is -2.02. The van der Waals surface area contributed by atoms with Gasteiger partial charge in [0.1, 0.15) is 5.82 Å². The van der Waals surface area contributed by atoms with Crippen molar-refractivity contribution < 1.29 is 0 Å². The predicted octanol–water partition coefficient (Wildman–Crippen LogP) is 2.84. The smallest absolute Gasteiger partial charge is 0.178 e. The van der Waals surface area contributed by atoms with E-state index in [2.05, 4.69) is 53.3 Å². The third-order valence-corrected chi connectivity index (χ3v) is 4.22. The average molecular weight is 316 g/mol. The molecule has 116 valence electrons. The van der Waals surface area contributed by atoms with Crippen LogP contribution in [-0.2, 0) is 11.8 Å². The summed E-state index contributed by atoms with van der Waals surface area (Å²) in [4.78, 5) is 5.61. The quantitative estimate of drug-likeness (QED) is 0.801. The summed E-state index contributed by atoms with van der Waals surface area (Å²) in [5.41, 5.74) is 0.676. The number of nitrogens with one attached hydrogen (secondary N) is 1. The zero-order chi connectivity index (χ0) is 15.7. The molecule has 3 rings (SSSR count). The Morgan fingerprint density at radius 3 is 2.73 bits per heavy atom. The first kappa shape index (κ1) is 14.9. The number of rotatable bonds is 4. The van der Waals surface area contributed by atoms with Crippen LogP contribution in [-0.4, -0.2) is 31.3 Å². The lowest BCUT2D eigenvalue weighted by Crippen LogP contribution is -2.18. The normalized spacial score (nSPS) is 12.0. The fraction of sp³-hybridized carbons (Fsp3) is 0.467. The Labute approximate surface area is 133 Å². The standard InChI is InChI=1S/C15H20N6S/c1-10-9-17-13(22-10)7-8-16-11-5-6-12-18-19-14(15(2,3)4)21(12)20-11/h5-6,9H,7-8H2,1-4H3,(H,16,20). The molecule has 0 amide bonds. The molecule has 3 aromatic rings. The number of aryl methyl sites for hydroxylation is 1. The summed E-state index contributed by atoms with van der Waals surface area (Å²) in [5, 5.41) is 17.5. The van der Waals surface area contributed by atoms with E-state index in [9.17, 15) is 0 Å². The van der Waals surface area contributed by atoms with E-state index < -0.39 is 0 Å². The van der Waals surface area contributed by atoms with Crippen LogP contribution in [0.2, 0.25) is 0 Å². The fourth-order valence-corrected chi connectivity index (χ4v) is 2.95. The van der Waals surface area contributed by atoms with Gasteiger partial charge in [-0.15, -0.1) is 26.6 Å². The van der Waals surface area contributed by atoms with Crippen molar-refractivity contribution in [1.29, 1.82) is 0 Å². The van der Waals surface area contributed by atoms with Crippen LogP contribution < -0.4 is 5.32 Å². The van der Waals surface area contributed by atoms with Crippen molar-refractivity contribution in [3.63, 3.8) is 0 Å². The van der Waals surface area contributed by atoms with Crippen LogP contribution in [0.25, 0.3) is 5.65 Å². The van der Waals surface area contributed by atoms with Crippen LogP contribution in [0.3, 0.4) is 0 Å². The minimum Gasteiger partial charge on any atom is -0.368 e. The largest absolute Gasteiger partial charge is 0.368 e. The van der Waals surface area contributed by atoms with Gasteiger partial charge in [-0.25, -0.2) is 4.98 Å². The highest BCUT2D eigenvalue weighted by molar-refractivity contribution is 7.11. The Morgan fingerprint density at radius 1 is 1.23 bits per heavy atom. The van der Waals surface area contributed by atoms with Gasteiger partial charge in [-0.3, -0.25) is 0 Å². The number of thiazole rings is 1. The van der Waals surface area contributed by atoms with E-state index >= 15 is 0 Å². The van der Waals surface area contributed by atoms with Crippen LogP contribution >= 0.6 is 11.3 Å². The lowest BCUT2D eigenvalue weighted by atomic mass is 9.96. The summed E-state index contributed by atoms with van der Waals surface area (Å²) in [6, 6.07) is 3.87. The van der Waals surface area contributed by atoms with E-state index in [1.807, 2.05) is 22.8 Å². The highest BCUT2D eigenvalue weighted by Crippen LogP contribution is 2.20. The van der Waals surface area contributed by atoms with Crippen LogP contribution in [0, 0.1) is 6.92 Å². The first-order valence-electron chi connectivity index (χ1n) is 7.31. The summed E-state index contributed by atoms with van der Waals surface area (Å²) >= 11 is 1.74. The lowest BCUT2D eigenvalue weighted by molar-refractivity contribution is 0.527. The van der Waals surface area contributed by atoms with Gasteiger partial charge in [0.15, 0.2) is 11.5 Å². The summed E-state index contributed by atoms with van der Waals surface area (Å²) in [6.07, 6.45) is 2.81. The summed E-state index contributed by atoms with van der Waals surface area (Å²) in [5.74, 6) is 1.69. The molecule has 0 unspecified atom stereocenters. The third-order valence-electron chi connectivity index (χ3n) is 3.25. The number of anilines is 1. The number of nitrogens with zero attached hydrogens (tertiary/aromatic N) is 5. The minimum absolute atomic E-state index is 0.0938. The zero-order valence-corrected chi connectivity index (χ0v) is 14.1. The van der Waals surface area contributed by atoms with Crippen molar-refractivity contribution in [1.82, 2.24) is 24.8 Å². The molecule has 0 aliphatic heterocycles. The van der Waals surface area contributed by atoms with Crippen molar-refractivity contribution >= 4 is 22.8 Å². The minimum atomic E-state index is -0.0938. The SMILES string of the molecule is Cc1cnc(CCNc2ccc3nnc(C(C)(C)C)n3n2)s1. The first-order valence-corrected chi connectivity index (χ1v) is 8.13. The molecule has 0 saturated carbocycles. The first-order chi connectivity index (χ1) is 10.4. The van der Waals surface area contributed by atoms with Gasteiger partial charge in [-0.2, -0.15) is 4.52 Å². The second-order valence-electron chi connectivity index (χ2n) is 6.30. The monoisotopic (exact) mass is 316 g/mol. The van der Waals surface area contributed by atoms with Gasteiger partial charge in [0.2, 0.25) is 0 Å². The van der Waals surface area contributed by atoms with Crippen LogP contribution in [0.1, 0.15) is 36.5 Å². The maximum atomic E-state index is 4.60. The highest BCUT2D eigenvalue weighted by Gasteiger charge is 2.21. The number of fused-ring (bicyclic) bond motifs is 1. The molecule has 6 nitrogen and oxygen atoms in total. The molecular formula is C15H20N6S. The molecule has 0 radical (unpaired) electrons. The predicted molar refractivity (Wildman–Crippen MR) is 88.5 cm³/mol. The van der Waals surface area contributed by atoms with E-state index in [0.29, 0.717) is 0 Å². The molecule has 0 aliphatic rings. The van der Waals surface area contributed by atoms with Crippen LogP contribution in [0.4, 0.5) is 5.82 Å². The van der Waals surface area contributed by atoms with E-state index in [4.69, 9.17) is 0 Å². The summed E-state index contributed by atoms with van der Waals surface area (Å²) in [7, 11) is 0. The van der Waals surface area contributed by atoms with Gasteiger partial charge < -0.3 is 5.32 Å². The summed E-state index contributed by atoms with van der Waals surface area (Å²) < 4.78 is 1.82. The molecule has 0 fully saturated rings. The van der Waals surface area contributed by atoms with Crippen molar-refractivity contribution in [3.05, 3.63) is 34.0 Å². The van der Waals surface area contributed by atoms with E-state index in [0.717, 1.165) is 35.3 Å². The maximum Gasteiger partial charge on any atom is 0.178 e. The molecule has 0 bridgehead atoms. The van der Waals surface area contributed by atoms with Crippen molar-refractivity contribution in [2.75, 3.05) is 11.9 Å². The third kappa shape index (κ3) is 3.09. The van der Waals surface area contributed by atoms with Crippen molar-refractivity contribution in [2.24, 2.45) is 0 Å². The highest BCUT2D eigenvalue weighted by atomic mass is 32.1. The lowest BCUT2D eigenvalue weighted by Gasteiger charge is -2.15. The Balaban J connectivity index is 1.74. The second kappa shape index (κ2) is 5.64. The molecule has 3 heterocycles. The topological polar surface area (TPSA) is 68.0 Å². The molecule has 22 heavy (non-hydrogen) atoms. The average Bonchev–Trinajstić information content (AvgIpc) is 3.04. The molecule has 0 atom stereocenters. The molecule has 7 heteroatoms. The van der Waals surface area contributed by atoms with Gasteiger partial charge in [-0.05, 0) is 19.1 Å². The Morgan fingerprint density at radius 2 is 2.05 bits per heavy atom. The van der Waals surface area contributed by atoms with Gasteiger partial charge >= 0.3 is 0 Å². The maximum absolute atomic E-state index is 4.60. The van der Waals surface area contributed by atoms with Gasteiger partial charge in [-0.1, -0.05) is 20.8 Å². The number of aromatic nitrogens is 5. The van der Waals surface area contributed by atoms with Crippen molar-refractivity contribution in [2.45, 2.75) is 39.5 Å². The van der Waals surface area contributed by atoms with Crippen LogP contribution in [0.5, 0.6) is 0 Å². The molecule has 0 aliphatic carbocycles. The Kier molecular flexibility index (Phi) is 3.82. The van der Waals surface area contributed by atoms with E-state index in [-0.39, 0.29) is 5.41 Å². The van der Waals surface area contributed by atoms with Gasteiger partial charge in [0, 0.05) is 29.5 Å². The van der Waals surface area contributed by atoms with Crippen LogP contribution in [0.15, 0.2) is 18.3 Å². The van der Waals surface area contributed by atoms with E-state index in [1.54, 1.807) is 11.3 Å². The molecule has 1 N–H and O–H groups in total. The molecule has 0 saturated heterocycles. The molecule has 3 aromatic heterocycles. The summed E-state index contributed by atoms with van der Waals surface area (Å²) in [6.45, 7) is 9.20. The fourth-order valence-electron chi connectivity index (χ4n) is 2.17. The zero-order valence-electron chi connectivity index (χ0n) is 13.3. The Bertz CT molecular complexity index is 783. The van der Waals surface area contributed by atoms with Gasteiger partial charge in [0.25, 0.3) is 0 Å². The van der Waals surface area contributed by atoms with Gasteiger partial charge in [0.05, 0.1) is 5.01 Å². The molecule has 0 spiro atoms. The van der Waals surface area contributed by atoms with Crippen molar-refractivity contribution in [3.8, 4) is 0 Å². The molecular weight excluding hydrogens is 296 g/mol. The number of hydrogen-bond acceptors (Lipinski definition) is 6. The molecule has 0 aromatic carbocycles. The second-order valence-corrected chi connectivity index (χ2v) is 7.62. The number of hydrogen-bond donors (Lipinski definition) is 1. The van der Waals surface area contributed by atoms with E-state index in [1.165, 1.54) is 4.88 Å².